The number of hydrogen-bond donors (Lipinski definition) is 0. The van der Waals surface area contributed by atoms with E-state index in [1.807, 2.05) is 31.2 Å². The summed E-state index contributed by atoms with van der Waals surface area (Å²) >= 11 is 0. The Balaban J connectivity index is 1.38. The maximum Gasteiger partial charge on any atom is 0.258 e. The van der Waals surface area contributed by atoms with Gasteiger partial charge in [0.2, 0.25) is 10.0 Å². The number of nitrogens with zero attached hydrogens (tertiary/aromatic N) is 3. The molecule has 5 rings (SSSR count). The molecule has 35 heavy (non-hydrogen) atoms. The maximum absolute atomic E-state index is 13.3. The monoisotopic (exact) mass is 495 g/mol. The number of benzene rings is 2. The van der Waals surface area contributed by atoms with Crippen molar-refractivity contribution in [2.45, 2.75) is 24.3 Å². The molecule has 2 aliphatic heterocycles. The summed E-state index contributed by atoms with van der Waals surface area (Å²) in [5.41, 5.74) is 2.76. The maximum atomic E-state index is 13.3. The van der Waals surface area contributed by atoms with Crippen molar-refractivity contribution in [3.8, 4) is 11.5 Å². The zero-order chi connectivity index (χ0) is 24.6. The van der Waals surface area contributed by atoms with Crippen LogP contribution in [0.3, 0.4) is 0 Å². The molecule has 0 saturated heterocycles. The van der Waals surface area contributed by atoms with E-state index in [0.29, 0.717) is 36.9 Å². The molecule has 1 atom stereocenters. The highest BCUT2D eigenvalue weighted by molar-refractivity contribution is 7.89. The van der Waals surface area contributed by atoms with Gasteiger partial charge in [-0.1, -0.05) is 29.8 Å². The number of ether oxygens (including phenoxy) is 2. The quantitative estimate of drug-likeness (QED) is 0.520. The first-order valence-corrected chi connectivity index (χ1v) is 12.6. The van der Waals surface area contributed by atoms with Crippen LogP contribution < -0.4 is 9.47 Å². The molecule has 2 aliphatic rings. The Morgan fingerprint density at radius 1 is 1.09 bits per heavy atom. The number of rotatable bonds is 6. The van der Waals surface area contributed by atoms with E-state index in [-0.39, 0.29) is 4.90 Å². The Morgan fingerprint density at radius 2 is 1.83 bits per heavy atom. The smallest absolute Gasteiger partial charge is 0.258 e. The summed E-state index contributed by atoms with van der Waals surface area (Å²) in [4.78, 5) is 13.3. The van der Waals surface area contributed by atoms with Crippen molar-refractivity contribution in [1.29, 1.82) is 0 Å². The van der Waals surface area contributed by atoms with Crippen molar-refractivity contribution in [2.75, 3.05) is 26.8 Å². The van der Waals surface area contributed by atoms with Gasteiger partial charge in [0.05, 0.1) is 23.4 Å². The molecule has 9 nitrogen and oxygen atoms in total. The van der Waals surface area contributed by atoms with E-state index in [1.54, 1.807) is 24.5 Å². The number of sulfonamides is 1. The van der Waals surface area contributed by atoms with Crippen molar-refractivity contribution in [2.24, 2.45) is 5.10 Å². The van der Waals surface area contributed by atoms with Gasteiger partial charge in [-0.2, -0.15) is 9.41 Å². The first kappa shape index (κ1) is 23.1. The van der Waals surface area contributed by atoms with Crippen LogP contribution in [0.5, 0.6) is 11.5 Å². The van der Waals surface area contributed by atoms with E-state index in [1.165, 1.54) is 24.2 Å². The van der Waals surface area contributed by atoms with Crippen molar-refractivity contribution < 1.29 is 27.1 Å². The second-order valence-corrected chi connectivity index (χ2v) is 10.5. The Morgan fingerprint density at radius 3 is 2.54 bits per heavy atom. The molecule has 0 unspecified atom stereocenters. The van der Waals surface area contributed by atoms with Crippen LogP contribution in [-0.4, -0.2) is 56.2 Å². The molecule has 182 valence electrons. The molecular weight excluding hydrogens is 470 g/mol. The van der Waals surface area contributed by atoms with Crippen LogP contribution in [0, 0.1) is 6.92 Å². The average molecular weight is 496 g/mol. The lowest BCUT2D eigenvalue weighted by Gasteiger charge is -2.24. The Hall–Kier alpha value is -3.63. The molecule has 10 heteroatoms. The van der Waals surface area contributed by atoms with E-state index in [2.05, 4.69) is 5.10 Å². The summed E-state index contributed by atoms with van der Waals surface area (Å²) in [5, 5.41) is 5.90. The summed E-state index contributed by atoms with van der Waals surface area (Å²) in [7, 11) is -2.59. The molecule has 3 aromatic rings. The predicted molar refractivity (Wildman–Crippen MR) is 128 cm³/mol. The van der Waals surface area contributed by atoms with E-state index in [0.717, 1.165) is 21.1 Å². The van der Waals surface area contributed by atoms with Crippen LogP contribution in [0.1, 0.15) is 29.3 Å². The van der Waals surface area contributed by atoms with E-state index >= 15 is 0 Å². The van der Waals surface area contributed by atoms with Gasteiger partial charge in [0.1, 0.15) is 25.0 Å². The third kappa shape index (κ3) is 4.54. The highest BCUT2D eigenvalue weighted by Crippen LogP contribution is 2.35. The number of likely N-dealkylation sites (N-methyl/N-ethyl adjacent to an activating group) is 1. The van der Waals surface area contributed by atoms with Crippen LogP contribution >= 0.6 is 0 Å². The van der Waals surface area contributed by atoms with Gasteiger partial charge in [0.25, 0.3) is 5.91 Å². The molecule has 0 aliphatic carbocycles. The lowest BCUT2D eigenvalue weighted by atomic mass is 10.0. The van der Waals surface area contributed by atoms with Gasteiger partial charge in [-0.15, -0.1) is 0 Å². The number of hydrogen-bond acceptors (Lipinski definition) is 7. The molecule has 2 aromatic carbocycles. The van der Waals surface area contributed by atoms with Crippen LogP contribution in [-0.2, 0) is 14.8 Å². The van der Waals surface area contributed by atoms with Crippen LogP contribution in [0.15, 0.2) is 75.3 Å². The lowest BCUT2D eigenvalue weighted by molar-refractivity contribution is -0.133. The fourth-order valence-corrected chi connectivity index (χ4v) is 5.21. The van der Waals surface area contributed by atoms with E-state index in [4.69, 9.17) is 13.9 Å². The fraction of sp³-hybridized carbons (Fsp3) is 0.280. The van der Waals surface area contributed by atoms with Gasteiger partial charge in [-0.3, -0.25) is 4.79 Å². The molecule has 0 saturated carbocycles. The second-order valence-electron chi connectivity index (χ2n) is 8.45. The van der Waals surface area contributed by atoms with Crippen molar-refractivity contribution in [1.82, 2.24) is 9.31 Å². The standard InChI is InChI=1S/C25H25N3O6S/c1-17-5-7-18(8-6-17)20-15-21(22-4-3-11-32-22)28(26-20)25(29)16-27(2)35(30,31)19-9-10-23-24(14-19)34-13-12-33-23/h3-11,14,21H,12-13,15-16H2,1-2H3/t21-/m0/s1. The largest absolute Gasteiger partial charge is 0.486 e. The summed E-state index contributed by atoms with van der Waals surface area (Å²) in [6.07, 6.45) is 2.00. The first-order valence-electron chi connectivity index (χ1n) is 11.2. The highest BCUT2D eigenvalue weighted by atomic mass is 32.2. The number of carbonyl (C=O) groups excluding carboxylic acids is 1. The van der Waals surface area contributed by atoms with Gasteiger partial charge < -0.3 is 13.9 Å². The number of fused-ring (bicyclic) bond motifs is 1. The van der Waals surface area contributed by atoms with Crippen molar-refractivity contribution in [3.63, 3.8) is 0 Å². The zero-order valence-electron chi connectivity index (χ0n) is 19.4. The summed E-state index contributed by atoms with van der Waals surface area (Å²) in [6.45, 7) is 2.36. The highest BCUT2D eigenvalue weighted by Gasteiger charge is 2.36. The Kier molecular flexibility index (Phi) is 6.08. The fourth-order valence-electron chi connectivity index (χ4n) is 4.08. The summed E-state index contributed by atoms with van der Waals surface area (Å²) < 4.78 is 44.0. The van der Waals surface area contributed by atoms with Crippen molar-refractivity contribution >= 4 is 21.6 Å². The minimum atomic E-state index is -3.96. The molecule has 1 aromatic heterocycles. The molecular formula is C25H25N3O6S. The second kappa shape index (κ2) is 9.20. The van der Waals surface area contributed by atoms with Gasteiger partial charge in [-0.05, 0) is 36.8 Å². The Bertz CT molecular complexity index is 1370. The van der Waals surface area contributed by atoms with Crippen LogP contribution in [0.4, 0.5) is 0 Å². The minimum absolute atomic E-state index is 0.0184. The Labute approximate surface area is 203 Å². The molecule has 0 spiro atoms. The van der Waals surface area contributed by atoms with Crippen LogP contribution in [0.2, 0.25) is 0 Å². The number of aryl methyl sites for hydroxylation is 1. The number of furan rings is 1. The molecule has 1 amide bonds. The minimum Gasteiger partial charge on any atom is -0.486 e. The molecule has 0 N–H and O–H groups in total. The number of carbonyl (C=O) groups is 1. The third-order valence-electron chi connectivity index (χ3n) is 6.00. The zero-order valence-corrected chi connectivity index (χ0v) is 20.2. The van der Waals surface area contributed by atoms with Crippen LogP contribution in [0.25, 0.3) is 0 Å². The van der Waals surface area contributed by atoms with Gasteiger partial charge in [-0.25, -0.2) is 13.4 Å². The number of amides is 1. The average Bonchev–Trinajstić information content (AvgIpc) is 3.54. The SMILES string of the molecule is Cc1ccc(C2=NN(C(=O)CN(C)S(=O)(=O)c3ccc4c(c3)OCCO4)[C@H](c3ccco3)C2)cc1. The predicted octanol–water partition coefficient (Wildman–Crippen LogP) is 3.36. The molecule has 3 heterocycles. The summed E-state index contributed by atoms with van der Waals surface area (Å²) in [5.74, 6) is 0.978. The third-order valence-corrected chi connectivity index (χ3v) is 7.80. The number of hydrazone groups is 1. The lowest BCUT2D eigenvalue weighted by Crippen LogP contribution is -2.39. The van der Waals surface area contributed by atoms with E-state index in [9.17, 15) is 13.2 Å². The van der Waals surface area contributed by atoms with Gasteiger partial charge >= 0.3 is 0 Å². The first-order chi connectivity index (χ1) is 16.8. The summed E-state index contributed by atoms with van der Waals surface area (Å²) in [6, 6.07) is 15.4. The van der Waals surface area contributed by atoms with Crippen molar-refractivity contribution in [3.05, 3.63) is 77.7 Å². The molecule has 0 fully saturated rings. The molecule has 0 radical (unpaired) electrons. The molecule has 0 bridgehead atoms. The van der Waals surface area contributed by atoms with E-state index < -0.39 is 28.5 Å². The van der Waals surface area contributed by atoms with Gasteiger partial charge in [0, 0.05) is 19.5 Å². The van der Waals surface area contributed by atoms with Gasteiger partial charge in [0.15, 0.2) is 11.5 Å². The topological polar surface area (TPSA) is 102 Å². The normalized spacial score (nSPS) is 17.5.